The molecule has 6 heteroatoms. The summed E-state index contributed by atoms with van der Waals surface area (Å²) in [6.45, 7) is 4.16. The van der Waals surface area contributed by atoms with Gasteiger partial charge in [-0.1, -0.05) is 30.3 Å². The third-order valence-corrected chi connectivity index (χ3v) is 3.93. The average molecular weight is 338 g/mol. The Morgan fingerprint density at radius 2 is 1.92 bits per heavy atom. The van der Waals surface area contributed by atoms with Gasteiger partial charge in [-0.15, -0.1) is 0 Å². The quantitative estimate of drug-likeness (QED) is 0.646. The number of carbonyl (C=O) groups is 1. The minimum absolute atomic E-state index is 0.127. The maximum Gasteiger partial charge on any atom is 0.244 e. The molecule has 25 heavy (non-hydrogen) atoms. The van der Waals surface area contributed by atoms with Crippen molar-refractivity contribution >= 4 is 28.6 Å². The van der Waals surface area contributed by atoms with Crippen molar-refractivity contribution in [2.75, 3.05) is 17.2 Å². The fraction of sp³-hybridized carbons (Fsp3) is 0.263. The highest BCUT2D eigenvalue weighted by molar-refractivity contribution is 5.93. The van der Waals surface area contributed by atoms with Crippen LogP contribution in [0.3, 0.4) is 0 Å². The summed E-state index contributed by atoms with van der Waals surface area (Å²) < 4.78 is 1.82. The van der Waals surface area contributed by atoms with E-state index in [1.165, 1.54) is 0 Å². The summed E-state index contributed by atoms with van der Waals surface area (Å²) in [4.78, 5) is 17.1. The van der Waals surface area contributed by atoms with Gasteiger partial charge in [-0.2, -0.15) is 0 Å². The van der Waals surface area contributed by atoms with E-state index in [4.69, 9.17) is 0 Å². The Morgan fingerprint density at radius 3 is 2.68 bits per heavy atom. The predicted octanol–water partition coefficient (Wildman–Crippen LogP) is 2.78. The first kappa shape index (κ1) is 17.0. The molecule has 0 aliphatic carbocycles. The number of aliphatic hydroxyl groups excluding tert-OH is 1. The lowest BCUT2D eigenvalue weighted by Crippen LogP contribution is -2.22. The Bertz CT molecular complexity index is 886. The largest absolute Gasteiger partial charge is 0.392 e. The van der Waals surface area contributed by atoms with E-state index in [0.29, 0.717) is 12.5 Å². The Hall–Kier alpha value is -2.86. The second kappa shape index (κ2) is 7.36. The number of para-hydroxylation sites is 3. The minimum Gasteiger partial charge on any atom is -0.392 e. The van der Waals surface area contributed by atoms with E-state index in [-0.39, 0.29) is 12.5 Å². The molecular formula is C19H22N4O2. The van der Waals surface area contributed by atoms with Gasteiger partial charge in [0.2, 0.25) is 11.9 Å². The summed E-state index contributed by atoms with van der Waals surface area (Å²) in [5.41, 5.74) is 3.49. The molecule has 0 fully saturated rings. The Labute approximate surface area is 146 Å². The zero-order chi connectivity index (χ0) is 17.8. The maximum atomic E-state index is 12.5. The molecule has 0 bridgehead atoms. The molecule has 6 nitrogen and oxygen atoms in total. The molecule has 130 valence electrons. The van der Waals surface area contributed by atoms with Crippen LogP contribution in [0.1, 0.15) is 12.5 Å². The Morgan fingerprint density at radius 1 is 1.20 bits per heavy atom. The summed E-state index contributed by atoms with van der Waals surface area (Å²) in [5, 5.41) is 15.6. The molecule has 1 heterocycles. The average Bonchev–Trinajstić information content (AvgIpc) is 2.93. The van der Waals surface area contributed by atoms with Gasteiger partial charge in [0.1, 0.15) is 6.54 Å². The Kier molecular flexibility index (Phi) is 5.00. The molecule has 0 saturated heterocycles. The third-order valence-electron chi connectivity index (χ3n) is 3.93. The van der Waals surface area contributed by atoms with E-state index in [9.17, 15) is 9.90 Å². The fourth-order valence-corrected chi connectivity index (χ4v) is 2.66. The number of imidazole rings is 1. The van der Waals surface area contributed by atoms with Crippen LogP contribution in [0.2, 0.25) is 0 Å². The van der Waals surface area contributed by atoms with Gasteiger partial charge in [0.05, 0.1) is 17.1 Å². The van der Waals surface area contributed by atoms with Crippen molar-refractivity contribution in [2.24, 2.45) is 0 Å². The van der Waals surface area contributed by atoms with Crippen LogP contribution < -0.4 is 10.6 Å². The van der Waals surface area contributed by atoms with Crippen LogP contribution in [0.5, 0.6) is 0 Å². The van der Waals surface area contributed by atoms with Crippen LogP contribution >= 0.6 is 0 Å². The van der Waals surface area contributed by atoms with E-state index in [0.717, 1.165) is 22.3 Å². The molecule has 0 aliphatic rings. The molecule has 0 saturated carbocycles. The molecule has 0 unspecified atom stereocenters. The minimum atomic E-state index is -0.506. The lowest BCUT2D eigenvalue weighted by atomic mass is 10.2. The maximum absolute atomic E-state index is 12.5. The number of hydrogen-bond donors (Lipinski definition) is 3. The van der Waals surface area contributed by atoms with Gasteiger partial charge >= 0.3 is 0 Å². The number of aryl methyl sites for hydroxylation is 1. The van der Waals surface area contributed by atoms with E-state index < -0.39 is 6.10 Å². The summed E-state index contributed by atoms with van der Waals surface area (Å²) in [6, 6.07) is 15.3. The molecule has 2 aromatic carbocycles. The number of rotatable bonds is 6. The normalized spacial score (nSPS) is 12.1. The van der Waals surface area contributed by atoms with Gasteiger partial charge in [0.15, 0.2) is 0 Å². The number of nitrogens with zero attached hydrogens (tertiary/aromatic N) is 2. The first-order valence-corrected chi connectivity index (χ1v) is 8.27. The van der Waals surface area contributed by atoms with Crippen molar-refractivity contribution in [2.45, 2.75) is 26.5 Å². The number of fused-ring (bicyclic) bond motifs is 1. The van der Waals surface area contributed by atoms with Crippen LogP contribution in [0.4, 0.5) is 11.6 Å². The fourth-order valence-electron chi connectivity index (χ4n) is 2.66. The summed E-state index contributed by atoms with van der Waals surface area (Å²) in [5.74, 6) is 0.444. The van der Waals surface area contributed by atoms with Crippen molar-refractivity contribution in [3.8, 4) is 0 Å². The zero-order valence-electron chi connectivity index (χ0n) is 14.4. The van der Waals surface area contributed by atoms with Crippen LogP contribution in [0.25, 0.3) is 11.0 Å². The summed E-state index contributed by atoms with van der Waals surface area (Å²) >= 11 is 0. The molecule has 0 spiro atoms. The molecule has 3 rings (SSSR count). The highest BCUT2D eigenvalue weighted by atomic mass is 16.3. The molecule has 3 aromatic rings. The predicted molar refractivity (Wildman–Crippen MR) is 99.7 cm³/mol. The van der Waals surface area contributed by atoms with Crippen LogP contribution in [-0.4, -0.2) is 33.2 Å². The van der Waals surface area contributed by atoms with E-state index in [1.807, 2.05) is 60.0 Å². The van der Waals surface area contributed by atoms with Gasteiger partial charge in [0.25, 0.3) is 0 Å². The summed E-state index contributed by atoms with van der Waals surface area (Å²) in [7, 11) is 0. The number of anilines is 2. The summed E-state index contributed by atoms with van der Waals surface area (Å²) in [6.07, 6.45) is -0.506. The third kappa shape index (κ3) is 3.97. The first-order chi connectivity index (χ1) is 12.0. The van der Waals surface area contributed by atoms with Crippen molar-refractivity contribution in [3.05, 3.63) is 54.1 Å². The molecule has 1 amide bonds. The second-order valence-electron chi connectivity index (χ2n) is 6.10. The number of hydrogen-bond acceptors (Lipinski definition) is 4. The monoisotopic (exact) mass is 338 g/mol. The molecule has 0 aliphatic heterocycles. The van der Waals surface area contributed by atoms with E-state index >= 15 is 0 Å². The topological polar surface area (TPSA) is 79.2 Å². The highest BCUT2D eigenvalue weighted by Gasteiger charge is 2.14. The van der Waals surface area contributed by atoms with Crippen molar-refractivity contribution < 1.29 is 9.90 Å². The van der Waals surface area contributed by atoms with Gasteiger partial charge in [0, 0.05) is 12.2 Å². The van der Waals surface area contributed by atoms with Crippen molar-refractivity contribution in [3.63, 3.8) is 0 Å². The zero-order valence-corrected chi connectivity index (χ0v) is 14.4. The smallest absolute Gasteiger partial charge is 0.244 e. The van der Waals surface area contributed by atoms with Gasteiger partial charge in [-0.3, -0.25) is 4.79 Å². The highest BCUT2D eigenvalue weighted by Crippen LogP contribution is 2.20. The van der Waals surface area contributed by atoms with Crippen LogP contribution in [0, 0.1) is 6.92 Å². The lowest BCUT2D eigenvalue weighted by Gasteiger charge is -2.13. The molecule has 3 N–H and O–H groups in total. The first-order valence-electron chi connectivity index (χ1n) is 8.27. The molecule has 1 aromatic heterocycles. The number of benzene rings is 2. The van der Waals surface area contributed by atoms with E-state index in [1.54, 1.807) is 6.92 Å². The lowest BCUT2D eigenvalue weighted by molar-refractivity contribution is -0.116. The molecular weight excluding hydrogens is 316 g/mol. The molecule has 1 atom stereocenters. The standard InChI is InChI=1S/C19H22N4O2/c1-13-7-3-4-8-15(13)21-18(25)12-23-17-10-6-5-9-16(17)22-19(23)20-11-14(2)24/h3-10,14,24H,11-12H2,1-2H3,(H,20,22)(H,21,25)/t14-/m0/s1. The van der Waals surface area contributed by atoms with Gasteiger partial charge in [-0.25, -0.2) is 4.98 Å². The number of amides is 1. The van der Waals surface area contributed by atoms with Crippen molar-refractivity contribution in [1.29, 1.82) is 0 Å². The number of aromatic nitrogens is 2. The number of nitrogens with one attached hydrogen (secondary N) is 2. The van der Waals surface area contributed by atoms with Crippen LogP contribution in [0.15, 0.2) is 48.5 Å². The van der Waals surface area contributed by atoms with Crippen molar-refractivity contribution in [1.82, 2.24) is 9.55 Å². The van der Waals surface area contributed by atoms with Crippen LogP contribution in [-0.2, 0) is 11.3 Å². The number of carbonyl (C=O) groups excluding carboxylic acids is 1. The second-order valence-corrected chi connectivity index (χ2v) is 6.10. The Balaban J connectivity index is 1.85. The van der Waals surface area contributed by atoms with Gasteiger partial charge < -0.3 is 20.3 Å². The van der Waals surface area contributed by atoms with Gasteiger partial charge in [-0.05, 0) is 37.6 Å². The SMILES string of the molecule is Cc1ccccc1NC(=O)Cn1c(NC[C@H](C)O)nc2ccccc21. The number of aliphatic hydroxyl groups is 1. The van der Waals surface area contributed by atoms with E-state index in [2.05, 4.69) is 15.6 Å². The molecule has 0 radical (unpaired) electrons.